The van der Waals surface area contributed by atoms with Gasteiger partial charge in [0.2, 0.25) is 15.9 Å². The van der Waals surface area contributed by atoms with Gasteiger partial charge >= 0.3 is 0 Å². The summed E-state index contributed by atoms with van der Waals surface area (Å²) in [6.07, 6.45) is 0.578. The van der Waals surface area contributed by atoms with Gasteiger partial charge in [0.15, 0.2) is 0 Å². The van der Waals surface area contributed by atoms with Crippen LogP contribution in [-0.2, 0) is 27.9 Å². The molecule has 5 aromatic rings. The summed E-state index contributed by atoms with van der Waals surface area (Å²) in [5.74, 6) is 0.517. The van der Waals surface area contributed by atoms with Crippen LogP contribution in [0.5, 0.6) is 5.75 Å². The Balaban J connectivity index is 1.14. The third kappa shape index (κ3) is 7.17. The summed E-state index contributed by atoms with van der Waals surface area (Å²) >= 11 is 0. The van der Waals surface area contributed by atoms with E-state index < -0.39 is 16.1 Å². The molecular weight excluding hydrogens is 570 g/mol. The number of hydrogen-bond donors (Lipinski definition) is 3. The van der Waals surface area contributed by atoms with Crippen LogP contribution in [0.15, 0.2) is 126 Å². The van der Waals surface area contributed by atoms with Crippen molar-refractivity contribution in [2.45, 2.75) is 42.9 Å². The number of fused-ring (bicyclic) bond motifs is 2. The lowest BCUT2D eigenvalue weighted by molar-refractivity contribution is -0.122. The smallest absolute Gasteiger partial charge is 0.241 e. The molecular formula is C36H35N3O4S. The van der Waals surface area contributed by atoms with Gasteiger partial charge in [-0.15, -0.1) is 0 Å². The number of carbonyl (C=O) groups excluding carboxylic acids is 1. The molecule has 224 valence electrons. The molecule has 0 aliphatic carbocycles. The normalized spacial score (nSPS) is 15.2. The van der Waals surface area contributed by atoms with E-state index >= 15 is 0 Å². The molecule has 7 nitrogen and oxygen atoms in total. The first-order chi connectivity index (χ1) is 21.4. The number of sulfonamides is 1. The third-order valence-electron chi connectivity index (χ3n) is 7.87. The summed E-state index contributed by atoms with van der Waals surface area (Å²) in [5, 5.41) is 8.39. The maximum atomic E-state index is 13.5. The van der Waals surface area contributed by atoms with Crippen molar-refractivity contribution in [3.63, 3.8) is 0 Å². The van der Waals surface area contributed by atoms with Crippen molar-refractivity contribution in [2.24, 2.45) is 0 Å². The zero-order valence-corrected chi connectivity index (χ0v) is 25.1. The van der Waals surface area contributed by atoms with Crippen LogP contribution >= 0.6 is 0 Å². The summed E-state index contributed by atoms with van der Waals surface area (Å²) in [5.41, 5.74) is 3.95. The Morgan fingerprint density at radius 1 is 0.773 bits per heavy atom. The fourth-order valence-corrected chi connectivity index (χ4v) is 6.84. The van der Waals surface area contributed by atoms with E-state index in [4.69, 9.17) is 4.74 Å². The average Bonchev–Trinajstić information content (AvgIpc) is 3.05. The highest BCUT2D eigenvalue weighted by atomic mass is 32.2. The monoisotopic (exact) mass is 605 g/mol. The van der Waals surface area contributed by atoms with Gasteiger partial charge in [0, 0.05) is 31.5 Å². The number of carbonyl (C=O) groups is 1. The maximum Gasteiger partial charge on any atom is 0.241 e. The third-order valence-corrected chi connectivity index (χ3v) is 9.34. The quantitative estimate of drug-likeness (QED) is 0.167. The molecule has 8 heteroatoms. The summed E-state index contributed by atoms with van der Waals surface area (Å²) < 4.78 is 35.8. The molecule has 0 bridgehead atoms. The Morgan fingerprint density at radius 3 is 2.27 bits per heavy atom. The van der Waals surface area contributed by atoms with Crippen molar-refractivity contribution in [2.75, 3.05) is 6.61 Å². The summed E-state index contributed by atoms with van der Waals surface area (Å²) in [7, 11) is -3.91. The number of hydrogen-bond acceptors (Lipinski definition) is 5. The molecule has 0 fully saturated rings. The van der Waals surface area contributed by atoms with Gasteiger partial charge in [-0.1, -0.05) is 103 Å². The van der Waals surface area contributed by atoms with Crippen molar-refractivity contribution in [1.29, 1.82) is 0 Å². The largest absolute Gasteiger partial charge is 0.493 e. The Bertz CT molecular complexity index is 1850. The van der Waals surface area contributed by atoms with E-state index in [1.165, 1.54) is 5.56 Å². The predicted octanol–water partition coefficient (Wildman–Crippen LogP) is 6.18. The van der Waals surface area contributed by atoms with Crippen LogP contribution in [-0.4, -0.2) is 20.9 Å². The lowest BCUT2D eigenvalue weighted by Crippen LogP contribution is -2.36. The van der Waals surface area contributed by atoms with Gasteiger partial charge in [0.05, 0.1) is 23.6 Å². The molecule has 1 aliphatic heterocycles. The number of ether oxygens (including phenoxy) is 1. The van der Waals surface area contributed by atoms with E-state index in [2.05, 4.69) is 33.6 Å². The lowest BCUT2D eigenvalue weighted by Gasteiger charge is -2.28. The van der Waals surface area contributed by atoms with E-state index in [9.17, 15) is 13.2 Å². The zero-order chi connectivity index (χ0) is 30.4. The van der Waals surface area contributed by atoms with Gasteiger partial charge in [-0.3, -0.25) is 4.79 Å². The molecule has 0 aromatic heterocycles. The second-order valence-corrected chi connectivity index (χ2v) is 12.7. The van der Waals surface area contributed by atoms with E-state index in [-0.39, 0.29) is 23.3 Å². The molecule has 0 saturated heterocycles. The summed E-state index contributed by atoms with van der Waals surface area (Å²) in [4.78, 5) is 13.6. The lowest BCUT2D eigenvalue weighted by atomic mass is 9.98. The second-order valence-electron chi connectivity index (χ2n) is 11.0. The van der Waals surface area contributed by atoms with Gasteiger partial charge in [-0.2, -0.15) is 0 Å². The molecule has 1 amide bonds. The van der Waals surface area contributed by atoms with Crippen LogP contribution in [0.3, 0.4) is 0 Å². The van der Waals surface area contributed by atoms with E-state index in [1.807, 2.05) is 84.9 Å². The Kier molecular flexibility index (Phi) is 9.02. The van der Waals surface area contributed by atoms with Crippen molar-refractivity contribution in [1.82, 2.24) is 15.4 Å². The zero-order valence-electron chi connectivity index (χ0n) is 24.3. The average molecular weight is 606 g/mol. The highest BCUT2D eigenvalue weighted by Gasteiger charge is 2.27. The molecule has 6 rings (SSSR count). The standard InChI is InChI=1S/C36H35N3O4S/c40-36(38-33-19-20-43-35-21-27(15-18-32(33)35)25-37-24-26-9-3-1-4-10-26)23-34(29-12-5-2-6-13-29)39-44(41,42)31-17-16-28-11-7-8-14-30(28)22-31/h1-18,21-22,33-34,37,39H,19-20,23-25H2,(H,38,40). The molecule has 5 aromatic carbocycles. The molecule has 44 heavy (non-hydrogen) atoms. The maximum absolute atomic E-state index is 13.5. The van der Waals surface area contributed by atoms with Crippen molar-refractivity contribution >= 4 is 26.7 Å². The summed E-state index contributed by atoms with van der Waals surface area (Å²) in [6, 6.07) is 37.2. The first-order valence-corrected chi connectivity index (χ1v) is 16.3. The highest BCUT2D eigenvalue weighted by Crippen LogP contribution is 2.33. The van der Waals surface area contributed by atoms with Gasteiger partial charge in [-0.25, -0.2) is 13.1 Å². The van der Waals surface area contributed by atoms with E-state index in [1.54, 1.807) is 18.2 Å². The summed E-state index contributed by atoms with van der Waals surface area (Å²) in [6.45, 7) is 1.94. The molecule has 0 saturated carbocycles. The topological polar surface area (TPSA) is 96.5 Å². The fraction of sp³-hybridized carbons (Fsp3) is 0.194. The minimum absolute atomic E-state index is 0.0506. The Labute approximate surface area is 258 Å². The number of rotatable bonds is 11. The first kappa shape index (κ1) is 29.6. The van der Waals surface area contributed by atoms with Gasteiger partial charge in [0.25, 0.3) is 0 Å². The molecule has 2 unspecified atom stereocenters. The van der Waals surface area contributed by atoms with Gasteiger partial charge in [0.1, 0.15) is 5.75 Å². The second kappa shape index (κ2) is 13.4. The molecule has 1 aliphatic rings. The number of nitrogens with one attached hydrogen (secondary N) is 3. The van der Waals surface area contributed by atoms with Crippen molar-refractivity contribution in [3.8, 4) is 5.75 Å². The van der Waals surface area contributed by atoms with E-state index in [0.717, 1.165) is 34.2 Å². The van der Waals surface area contributed by atoms with Crippen LogP contribution < -0.4 is 20.1 Å². The molecule has 2 atom stereocenters. The first-order valence-electron chi connectivity index (χ1n) is 14.8. The fourth-order valence-electron chi connectivity index (χ4n) is 5.58. The van der Waals surface area contributed by atoms with Crippen LogP contribution in [0, 0.1) is 0 Å². The van der Waals surface area contributed by atoms with Crippen LogP contribution in [0.25, 0.3) is 10.8 Å². The molecule has 1 heterocycles. The van der Waals surface area contributed by atoms with Crippen LogP contribution in [0.1, 0.15) is 47.2 Å². The number of amides is 1. The van der Waals surface area contributed by atoms with Gasteiger partial charge in [-0.05, 0) is 45.7 Å². The van der Waals surface area contributed by atoms with Crippen molar-refractivity contribution in [3.05, 3.63) is 144 Å². The molecule has 0 spiro atoms. The minimum atomic E-state index is -3.91. The minimum Gasteiger partial charge on any atom is -0.493 e. The predicted molar refractivity (Wildman–Crippen MR) is 172 cm³/mol. The van der Waals surface area contributed by atoms with Crippen LogP contribution in [0.4, 0.5) is 0 Å². The van der Waals surface area contributed by atoms with E-state index in [0.29, 0.717) is 25.1 Å². The highest BCUT2D eigenvalue weighted by molar-refractivity contribution is 7.89. The molecule has 0 radical (unpaired) electrons. The number of benzene rings is 5. The van der Waals surface area contributed by atoms with Crippen molar-refractivity contribution < 1.29 is 17.9 Å². The van der Waals surface area contributed by atoms with Crippen LogP contribution in [0.2, 0.25) is 0 Å². The molecule has 3 N–H and O–H groups in total. The Morgan fingerprint density at radius 2 is 1.48 bits per heavy atom. The Hall–Kier alpha value is -4.50. The SMILES string of the molecule is O=C(CC(NS(=O)(=O)c1ccc2ccccc2c1)c1ccccc1)NC1CCOc2cc(CNCc3ccccc3)ccc21. The van der Waals surface area contributed by atoms with Gasteiger partial charge < -0.3 is 15.4 Å².